The monoisotopic (exact) mass is 371 g/mol. The second-order valence-corrected chi connectivity index (χ2v) is 5.95. The van der Waals surface area contributed by atoms with Crippen LogP contribution in [0.5, 0.6) is 0 Å². The van der Waals surface area contributed by atoms with E-state index < -0.39 is 0 Å². The van der Waals surface area contributed by atoms with E-state index in [0.29, 0.717) is 5.56 Å². The number of carbonyl (C=O) groups excluding carboxylic acids is 1. The van der Waals surface area contributed by atoms with Gasteiger partial charge in [-0.05, 0) is 68.2 Å². The van der Waals surface area contributed by atoms with Crippen LogP contribution in [0.4, 0.5) is 0 Å². The molecule has 106 valence electrons. The van der Waals surface area contributed by atoms with Gasteiger partial charge in [-0.1, -0.05) is 12.8 Å². The summed E-state index contributed by atoms with van der Waals surface area (Å²) in [5, 5.41) is 2.93. The van der Waals surface area contributed by atoms with Crippen LogP contribution in [0.2, 0.25) is 0 Å². The van der Waals surface area contributed by atoms with Crippen LogP contribution in [0.25, 0.3) is 0 Å². The minimum atomic E-state index is -0.0304. The summed E-state index contributed by atoms with van der Waals surface area (Å²) in [7, 11) is 4.19. The van der Waals surface area contributed by atoms with Gasteiger partial charge in [-0.25, -0.2) is 4.98 Å². The van der Waals surface area contributed by atoms with Crippen molar-refractivity contribution in [2.24, 2.45) is 0 Å². The maximum atomic E-state index is 11.8. The van der Waals surface area contributed by atoms with Crippen LogP contribution in [0.3, 0.4) is 0 Å². The zero-order chi connectivity index (χ0) is 14.1. The Morgan fingerprint density at radius 2 is 2.00 bits per heavy atom. The molecular weight excluding hydrogens is 349 g/mol. The Bertz CT molecular complexity index is 379. The van der Waals surface area contributed by atoms with Crippen LogP contribution in [0.1, 0.15) is 36.0 Å². The SMILES string of the molecule is CN(C)CCCCCCNC(=O)c1ccc([123I])nc1. The predicted molar refractivity (Wildman–Crippen MR) is 86.3 cm³/mol. The van der Waals surface area contributed by atoms with Crippen molar-refractivity contribution in [3.05, 3.63) is 27.6 Å². The molecule has 1 heterocycles. The number of halogens is 1. The Balaban J connectivity index is 2.09. The molecular formula is C14H22IN3O. The maximum Gasteiger partial charge on any atom is 0.252 e. The molecule has 0 aliphatic rings. The summed E-state index contributed by atoms with van der Waals surface area (Å²) in [5.41, 5.74) is 0.632. The Labute approximate surface area is 129 Å². The molecule has 19 heavy (non-hydrogen) atoms. The number of aromatic nitrogens is 1. The second-order valence-electron chi connectivity index (χ2n) is 4.84. The summed E-state index contributed by atoms with van der Waals surface area (Å²) >= 11 is 2.13. The Morgan fingerprint density at radius 3 is 2.63 bits per heavy atom. The largest absolute Gasteiger partial charge is 0.352 e. The summed E-state index contributed by atoms with van der Waals surface area (Å²) in [6, 6.07) is 3.65. The molecule has 0 saturated carbocycles. The van der Waals surface area contributed by atoms with Gasteiger partial charge in [-0.15, -0.1) is 0 Å². The van der Waals surface area contributed by atoms with Gasteiger partial charge in [0, 0.05) is 12.7 Å². The normalized spacial score (nSPS) is 10.7. The molecule has 1 aromatic heterocycles. The highest BCUT2D eigenvalue weighted by Crippen LogP contribution is 2.03. The number of rotatable bonds is 8. The highest BCUT2D eigenvalue weighted by atomic mass is 123. The highest BCUT2D eigenvalue weighted by molar-refractivity contribution is 14.1. The minimum absolute atomic E-state index is 0.0304. The Morgan fingerprint density at radius 1 is 1.26 bits per heavy atom. The molecule has 1 N–H and O–H groups in total. The van der Waals surface area contributed by atoms with Gasteiger partial charge in [0.25, 0.3) is 5.91 Å². The Kier molecular flexibility index (Phi) is 7.97. The van der Waals surface area contributed by atoms with Crippen LogP contribution in [0, 0.1) is 3.70 Å². The molecule has 0 aliphatic carbocycles. The average molecular weight is 371 g/mol. The number of unbranched alkanes of at least 4 members (excludes halogenated alkanes) is 3. The molecule has 0 spiro atoms. The third-order valence-corrected chi connectivity index (χ3v) is 3.45. The van der Waals surface area contributed by atoms with E-state index in [9.17, 15) is 4.79 Å². The topological polar surface area (TPSA) is 45.2 Å². The highest BCUT2D eigenvalue weighted by Gasteiger charge is 2.04. The summed E-state index contributed by atoms with van der Waals surface area (Å²) in [6.07, 6.45) is 6.27. The van der Waals surface area contributed by atoms with Crippen LogP contribution in [-0.2, 0) is 0 Å². The number of nitrogens with zero attached hydrogens (tertiary/aromatic N) is 2. The maximum absolute atomic E-state index is 11.8. The molecule has 0 aliphatic heterocycles. The van der Waals surface area contributed by atoms with Gasteiger partial charge >= 0.3 is 0 Å². The number of nitrogens with one attached hydrogen (secondary N) is 1. The quantitative estimate of drug-likeness (QED) is 0.434. The van der Waals surface area contributed by atoms with Gasteiger partial charge < -0.3 is 10.2 Å². The smallest absolute Gasteiger partial charge is 0.252 e. The van der Waals surface area contributed by atoms with E-state index in [4.69, 9.17) is 0 Å². The number of hydrogen-bond donors (Lipinski definition) is 1. The molecule has 1 amide bonds. The predicted octanol–water partition coefficient (Wildman–Crippen LogP) is 2.54. The van der Waals surface area contributed by atoms with E-state index in [-0.39, 0.29) is 5.91 Å². The number of pyridine rings is 1. The number of carbonyl (C=O) groups is 1. The van der Waals surface area contributed by atoms with Crippen molar-refractivity contribution >= 4 is 28.5 Å². The summed E-state index contributed by atoms with van der Waals surface area (Å²) in [5.74, 6) is -0.0304. The van der Waals surface area contributed by atoms with Crippen LogP contribution < -0.4 is 5.32 Å². The van der Waals surface area contributed by atoms with Gasteiger partial charge in [0.2, 0.25) is 0 Å². The van der Waals surface area contributed by atoms with Crippen LogP contribution in [0.15, 0.2) is 18.3 Å². The summed E-state index contributed by atoms with van der Waals surface area (Å²) in [6.45, 7) is 1.88. The van der Waals surface area contributed by atoms with Gasteiger partial charge in [0.1, 0.15) is 3.70 Å². The van der Waals surface area contributed by atoms with Crippen LogP contribution in [-0.4, -0.2) is 43.0 Å². The van der Waals surface area contributed by atoms with Gasteiger partial charge in [-0.2, -0.15) is 0 Å². The van der Waals surface area contributed by atoms with E-state index >= 15 is 0 Å². The van der Waals surface area contributed by atoms with Crippen molar-refractivity contribution in [2.75, 3.05) is 27.2 Å². The first-order valence-corrected chi connectivity index (χ1v) is 7.72. The van der Waals surface area contributed by atoms with Crippen molar-refractivity contribution in [3.63, 3.8) is 0 Å². The molecule has 0 unspecified atom stereocenters. The lowest BCUT2D eigenvalue weighted by molar-refractivity contribution is 0.0952. The zero-order valence-electron chi connectivity index (χ0n) is 11.7. The van der Waals surface area contributed by atoms with Gasteiger partial charge in [0.05, 0.1) is 5.56 Å². The lowest BCUT2D eigenvalue weighted by Gasteiger charge is -2.09. The average Bonchev–Trinajstić information content (AvgIpc) is 2.38. The molecule has 4 nitrogen and oxygen atoms in total. The Hall–Kier alpha value is -0.690. The molecule has 0 aromatic carbocycles. The van der Waals surface area contributed by atoms with E-state index in [1.54, 1.807) is 12.3 Å². The van der Waals surface area contributed by atoms with Crippen molar-refractivity contribution < 1.29 is 4.79 Å². The van der Waals surface area contributed by atoms with Crippen molar-refractivity contribution in [3.8, 4) is 0 Å². The van der Waals surface area contributed by atoms with Gasteiger partial charge in [-0.3, -0.25) is 4.79 Å². The van der Waals surface area contributed by atoms with Crippen LogP contribution >= 0.6 is 22.6 Å². The number of hydrogen-bond acceptors (Lipinski definition) is 3. The first-order chi connectivity index (χ1) is 9.09. The molecule has 1 rings (SSSR count). The van der Waals surface area contributed by atoms with Crippen molar-refractivity contribution in [1.29, 1.82) is 0 Å². The fourth-order valence-electron chi connectivity index (χ4n) is 1.72. The molecule has 0 bridgehead atoms. The summed E-state index contributed by atoms with van der Waals surface area (Å²) in [4.78, 5) is 18.1. The first kappa shape index (κ1) is 16.4. The molecule has 0 fully saturated rings. The van der Waals surface area contributed by atoms with E-state index in [1.165, 1.54) is 19.3 Å². The second kappa shape index (κ2) is 9.25. The first-order valence-electron chi connectivity index (χ1n) is 6.64. The number of amides is 1. The standard InChI is InChI=1S/C14H22IN3O/c1-18(2)10-6-4-3-5-9-16-14(19)12-7-8-13(15)17-11-12/h7-8,11H,3-6,9-10H2,1-2H3,(H,16,19)/i15-4. The zero-order valence-corrected chi connectivity index (χ0v) is 13.8. The lowest BCUT2D eigenvalue weighted by Crippen LogP contribution is -2.24. The van der Waals surface area contributed by atoms with E-state index in [1.807, 2.05) is 6.07 Å². The lowest BCUT2D eigenvalue weighted by atomic mass is 10.2. The minimum Gasteiger partial charge on any atom is -0.352 e. The van der Waals surface area contributed by atoms with Crippen molar-refractivity contribution in [2.45, 2.75) is 25.7 Å². The van der Waals surface area contributed by atoms with Crippen molar-refractivity contribution in [1.82, 2.24) is 15.2 Å². The molecule has 5 heteroatoms. The molecule has 0 saturated heterocycles. The van der Waals surface area contributed by atoms with E-state index in [2.05, 4.69) is 51.9 Å². The summed E-state index contributed by atoms with van der Waals surface area (Å²) < 4.78 is 0.898. The molecule has 0 atom stereocenters. The molecule has 1 aromatic rings. The third kappa shape index (κ3) is 7.47. The fraction of sp³-hybridized carbons (Fsp3) is 0.571. The van der Waals surface area contributed by atoms with Gasteiger partial charge in [0.15, 0.2) is 0 Å². The van der Waals surface area contributed by atoms with E-state index in [0.717, 1.165) is 23.2 Å². The fourth-order valence-corrected chi connectivity index (χ4v) is 2.04. The third-order valence-electron chi connectivity index (χ3n) is 2.81. The molecule has 0 radical (unpaired) electrons.